The number of benzene rings is 1. The predicted octanol–water partition coefficient (Wildman–Crippen LogP) is 3.64. The summed E-state index contributed by atoms with van der Waals surface area (Å²) in [6.45, 7) is 5.87. The van der Waals surface area contributed by atoms with Crippen LogP contribution in [0.2, 0.25) is 0 Å². The number of nitrogens with one attached hydrogen (secondary N) is 1. The van der Waals surface area contributed by atoms with Gasteiger partial charge in [-0.3, -0.25) is 4.79 Å². The van der Waals surface area contributed by atoms with Crippen molar-refractivity contribution in [1.82, 2.24) is 14.8 Å². The molecule has 0 spiro atoms. The number of para-hydroxylation sites is 1. The molecule has 0 unspecified atom stereocenters. The van der Waals surface area contributed by atoms with E-state index in [0.29, 0.717) is 12.1 Å². The number of anilines is 1. The quantitative estimate of drug-likeness (QED) is 0.672. The highest BCUT2D eigenvalue weighted by molar-refractivity contribution is 5.97. The number of aliphatic hydroxyl groups is 1. The monoisotopic (exact) mass is 470 g/mol. The van der Waals surface area contributed by atoms with Crippen molar-refractivity contribution in [2.75, 3.05) is 32.1 Å². The molecule has 34 heavy (non-hydrogen) atoms. The van der Waals surface area contributed by atoms with Crippen LogP contribution >= 0.6 is 0 Å². The Bertz CT molecular complexity index is 1060. The molecule has 2 heterocycles. The van der Waals surface area contributed by atoms with E-state index >= 15 is 0 Å². The van der Waals surface area contributed by atoms with Gasteiger partial charge in [0.05, 0.1) is 24.9 Å². The van der Waals surface area contributed by atoms with Gasteiger partial charge in [0.25, 0.3) is 5.91 Å². The summed E-state index contributed by atoms with van der Waals surface area (Å²) >= 11 is 0. The zero-order chi connectivity index (χ0) is 24.8. The standard InChI is InChI=1S/C25H31FN4O4/c1-5-8-18-11-19-23(27-12-18)34-22(16(2)13-30(24(19)32)17(3)15-31)14-29(4)25(33)28-21-10-7-6-9-20(21)26/h5-12,16-17,22,31H,13-15H2,1-4H3,(H,28,33)/b8-5+/t16-,17+,22+/m0/s1. The number of fused-ring (bicyclic) bond motifs is 1. The van der Waals surface area contributed by atoms with Gasteiger partial charge in [-0.1, -0.05) is 31.2 Å². The Morgan fingerprint density at radius 3 is 2.85 bits per heavy atom. The number of aliphatic hydroxyl groups excluding tert-OH is 1. The van der Waals surface area contributed by atoms with Crippen molar-refractivity contribution in [2.45, 2.75) is 32.9 Å². The first-order valence-corrected chi connectivity index (χ1v) is 11.2. The van der Waals surface area contributed by atoms with Gasteiger partial charge in [-0.05, 0) is 37.6 Å². The molecule has 1 aliphatic heterocycles. The first-order chi connectivity index (χ1) is 16.2. The van der Waals surface area contributed by atoms with Gasteiger partial charge in [0.15, 0.2) is 0 Å². The number of nitrogens with zero attached hydrogens (tertiary/aromatic N) is 3. The number of ether oxygens (including phenoxy) is 1. The zero-order valence-electron chi connectivity index (χ0n) is 19.9. The Labute approximate surface area is 199 Å². The van der Waals surface area contributed by atoms with Gasteiger partial charge < -0.3 is 25.0 Å². The van der Waals surface area contributed by atoms with Gasteiger partial charge >= 0.3 is 6.03 Å². The number of pyridine rings is 1. The summed E-state index contributed by atoms with van der Waals surface area (Å²) in [5.41, 5.74) is 1.13. The van der Waals surface area contributed by atoms with Gasteiger partial charge in [0.1, 0.15) is 17.5 Å². The summed E-state index contributed by atoms with van der Waals surface area (Å²) in [5, 5.41) is 12.3. The second-order valence-electron chi connectivity index (χ2n) is 8.53. The lowest BCUT2D eigenvalue weighted by Gasteiger charge is -2.37. The Kier molecular flexibility index (Phi) is 8.22. The number of hydrogen-bond acceptors (Lipinski definition) is 5. The van der Waals surface area contributed by atoms with Crippen molar-refractivity contribution in [3.05, 3.63) is 59.5 Å². The number of urea groups is 1. The van der Waals surface area contributed by atoms with E-state index in [2.05, 4.69) is 10.3 Å². The molecule has 1 aromatic heterocycles. The van der Waals surface area contributed by atoms with E-state index < -0.39 is 24.0 Å². The summed E-state index contributed by atoms with van der Waals surface area (Å²) < 4.78 is 20.1. The second kappa shape index (κ2) is 11.1. The molecule has 0 bridgehead atoms. The average molecular weight is 471 g/mol. The van der Waals surface area contributed by atoms with Crippen molar-refractivity contribution < 1.29 is 23.8 Å². The summed E-state index contributed by atoms with van der Waals surface area (Å²) in [5.74, 6) is -0.812. The van der Waals surface area contributed by atoms with Gasteiger partial charge in [0, 0.05) is 25.7 Å². The van der Waals surface area contributed by atoms with Crippen molar-refractivity contribution in [3.8, 4) is 5.88 Å². The number of hydrogen-bond donors (Lipinski definition) is 2. The lowest BCUT2D eigenvalue weighted by molar-refractivity contribution is 0.0356. The van der Waals surface area contributed by atoms with Crippen molar-refractivity contribution in [1.29, 1.82) is 0 Å². The molecule has 182 valence electrons. The fourth-order valence-electron chi connectivity index (χ4n) is 3.75. The molecule has 0 fully saturated rings. The number of amides is 3. The topological polar surface area (TPSA) is 95.0 Å². The second-order valence-corrected chi connectivity index (χ2v) is 8.53. The Balaban J connectivity index is 1.87. The molecule has 0 radical (unpaired) electrons. The highest BCUT2D eigenvalue weighted by Gasteiger charge is 2.34. The summed E-state index contributed by atoms with van der Waals surface area (Å²) in [6.07, 6.45) is 4.79. The van der Waals surface area contributed by atoms with Crippen molar-refractivity contribution in [3.63, 3.8) is 0 Å². The average Bonchev–Trinajstić information content (AvgIpc) is 2.82. The van der Waals surface area contributed by atoms with Crippen LogP contribution in [0.15, 0.2) is 42.6 Å². The number of likely N-dealkylation sites (N-methyl/N-ethyl adjacent to an activating group) is 1. The number of aromatic nitrogens is 1. The van der Waals surface area contributed by atoms with Gasteiger partial charge in [-0.2, -0.15) is 0 Å². The fraction of sp³-hybridized carbons (Fsp3) is 0.400. The molecule has 8 nitrogen and oxygen atoms in total. The van der Waals surface area contributed by atoms with Crippen LogP contribution in [0, 0.1) is 11.7 Å². The fourth-order valence-corrected chi connectivity index (χ4v) is 3.75. The van der Waals surface area contributed by atoms with E-state index in [1.165, 1.54) is 17.0 Å². The SMILES string of the molecule is C/C=C/c1cnc2c(c1)C(=O)N([C@H](C)CO)C[C@H](C)[C@@H](CN(C)C(=O)Nc1ccccc1F)O2. The molecular weight excluding hydrogens is 439 g/mol. The maximum absolute atomic E-state index is 13.9. The van der Waals surface area contributed by atoms with Gasteiger partial charge in [0.2, 0.25) is 5.88 Å². The molecule has 2 N–H and O–H groups in total. The van der Waals surface area contributed by atoms with Crippen LogP contribution in [0.25, 0.3) is 6.08 Å². The predicted molar refractivity (Wildman–Crippen MR) is 128 cm³/mol. The number of halogens is 1. The van der Waals surface area contributed by atoms with E-state index in [1.807, 2.05) is 26.0 Å². The highest BCUT2D eigenvalue weighted by atomic mass is 19.1. The van der Waals surface area contributed by atoms with Crippen LogP contribution in [0.5, 0.6) is 5.88 Å². The van der Waals surface area contributed by atoms with E-state index in [4.69, 9.17) is 4.74 Å². The van der Waals surface area contributed by atoms with Crippen molar-refractivity contribution >= 4 is 23.7 Å². The minimum absolute atomic E-state index is 0.0862. The molecule has 0 saturated heterocycles. The van der Waals surface area contributed by atoms with Crippen LogP contribution in [-0.2, 0) is 0 Å². The molecule has 3 rings (SSSR count). The normalized spacial score (nSPS) is 19.1. The minimum Gasteiger partial charge on any atom is -0.472 e. The highest BCUT2D eigenvalue weighted by Crippen LogP contribution is 2.28. The first kappa shape index (κ1) is 25.2. The zero-order valence-corrected chi connectivity index (χ0v) is 19.9. The van der Waals surface area contributed by atoms with Crippen LogP contribution in [0.1, 0.15) is 36.7 Å². The molecule has 3 atom stereocenters. The molecule has 9 heteroatoms. The Morgan fingerprint density at radius 2 is 2.18 bits per heavy atom. The summed E-state index contributed by atoms with van der Waals surface area (Å²) in [7, 11) is 1.59. The third-order valence-electron chi connectivity index (χ3n) is 5.82. The first-order valence-electron chi connectivity index (χ1n) is 11.2. The number of allylic oxidation sites excluding steroid dienone is 1. The number of rotatable bonds is 6. The molecular formula is C25H31FN4O4. The minimum atomic E-state index is -0.526. The van der Waals surface area contributed by atoms with Crippen LogP contribution in [-0.4, -0.2) is 70.7 Å². The largest absolute Gasteiger partial charge is 0.472 e. The van der Waals surface area contributed by atoms with E-state index in [9.17, 15) is 19.1 Å². The number of carbonyl (C=O) groups is 2. The lowest BCUT2D eigenvalue weighted by atomic mass is 10.00. The smallest absolute Gasteiger partial charge is 0.321 e. The maximum atomic E-state index is 13.9. The van der Waals surface area contributed by atoms with Gasteiger partial charge in [-0.25, -0.2) is 14.2 Å². The maximum Gasteiger partial charge on any atom is 0.321 e. The Hall–Kier alpha value is -3.46. The van der Waals surface area contributed by atoms with Crippen LogP contribution < -0.4 is 10.1 Å². The molecule has 3 amide bonds. The molecule has 2 aromatic rings. The van der Waals surface area contributed by atoms with Crippen molar-refractivity contribution in [2.24, 2.45) is 5.92 Å². The van der Waals surface area contributed by atoms with Crippen LogP contribution in [0.3, 0.4) is 0 Å². The molecule has 0 saturated carbocycles. The van der Waals surface area contributed by atoms with Gasteiger partial charge in [-0.15, -0.1) is 0 Å². The summed E-state index contributed by atoms with van der Waals surface area (Å²) in [6, 6.07) is 6.75. The number of carbonyl (C=O) groups excluding carboxylic acids is 2. The molecule has 1 aliphatic rings. The molecule has 1 aromatic carbocycles. The van der Waals surface area contributed by atoms with E-state index in [1.54, 1.807) is 43.3 Å². The molecule has 0 aliphatic carbocycles. The van der Waals surface area contributed by atoms with Crippen LogP contribution in [0.4, 0.5) is 14.9 Å². The Morgan fingerprint density at radius 1 is 1.44 bits per heavy atom. The third-order valence-corrected chi connectivity index (χ3v) is 5.82. The van der Waals surface area contributed by atoms with E-state index in [-0.39, 0.29) is 36.5 Å². The summed E-state index contributed by atoms with van der Waals surface area (Å²) in [4.78, 5) is 33.4. The van der Waals surface area contributed by atoms with E-state index in [0.717, 1.165) is 5.56 Å². The third kappa shape index (κ3) is 5.72. The lowest BCUT2D eigenvalue weighted by Crippen LogP contribution is -2.50.